The number of carbonyl (C=O) groups excluding carboxylic acids is 2. The molecule has 0 unspecified atom stereocenters. The highest BCUT2D eigenvalue weighted by Crippen LogP contribution is 2.20. The van der Waals surface area contributed by atoms with Gasteiger partial charge in [-0.1, -0.05) is 18.2 Å². The molecule has 2 aromatic carbocycles. The molecule has 0 bridgehead atoms. The fraction of sp³-hybridized carbons (Fsp3) is 0.0625. The fourth-order valence-electron chi connectivity index (χ4n) is 1.77. The van der Waals surface area contributed by atoms with Crippen molar-refractivity contribution in [1.29, 1.82) is 0 Å². The van der Waals surface area contributed by atoms with Crippen molar-refractivity contribution in [2.24, 2.45) is 0 Å². The van der Waals surface area contributed by atoms with Crippen LogP contribution in [0.15, 0.2) is 48.5 Å². The molecule has 0 aliphatic carbocycles. The normalized spacial score (nSPS) is 9.86. The van der Waals surface area contributed by atoms with Crippen LogP contribution in [0, 0.1) is 0 Å². The molecule has 6 nitrogen and oxygen atoms in total. The number of rotatable bonds is 4. The Hall–Kier alpha value is -3.15. The maximum atomic E-state index is 12.1. The highest BCUT2D eigenvalue weighted by molar-refractivity contribution is 5.97. The number of aromatic carboxylic acids is 1. The smallest absolute Gasteiger partial charge is 0.343 e. The molecule has 6 heteroatoms. The summed E-state index contributed by atoms with van der Waals surface area (Å²) in [7, 11) is 1.22. The van der Waals surface area contributed by atoms with E-state index in [0.29, 0.717) is 0 Å². The Balaban J connectivity index is 2.28. The Kier molecular flexibility index (Phi) is 4.53. The third-order valence-electron chi connectivity index (χ3n) is 2.84. The minimum atomic E-state index is -1.15. The molecule has 0 radical (unpaired) electrons. The first-order chi connectivity index (χ1) is 10.5. The molecule has 112 valence electrons. The predicted molar refractivity (Wildman–Crippen MR) is 76.1 cm³/mol. The topological polar surface area (TPSA) is 89.9 Å². The lowest BCUT2D eigenvalue weighted by Crippen LogP contribution is -2.13. The highest BCUT2D eigenvalue weighted by atomic mass is 16.5. The summed E-state index contributed by atoms with van der Waals surface area (Å²) in [5.41, 5.74) is 0.142. The van der Waals surface area contributed by atoms with Gasteiger partial charge in [-0.05, 0) is 30.3 Å². The molecular weight excluding hydrogens is 288 g/mol. The number of esters is 2. The van der Waals surface area contributed by atoms with Gasteiger partial charge in [0, 0.05) is 0 Å². The van der Waals surface area contributed by atoms with Crippen LogP contribution in [0.4, 0.5) is 0 Å². The van der Waals surface area contributed by atoms with Gasteiger partial charge in [0.2, 0.25) is 0 Å². The van der Waals surface area contributed by atoms with Crippen molar-refractivity contribution in [3.63, 3.8) is 0 Å². The SMILES string of the molecule is COC(=O)c1ccccc1OC(=O)c1cccc(C(=O)O)c1. The van der Waals surface area contributed by atoms with Crippen molar-refractivity contribution in [2.45, 2.75) is 0 Å². The minimum Gasteiger partial charge on any atom is -0.478 e. The van der Waals surface area contributed by atoms with E-state index in [9.17, 15) is 14.4 Å². The number of carboxylic acids is 1. The number of ether oxygens (including phenoxy) is 2. The number of hydrogen-bond donors (Lipinski definition) is 1. The maximum absolute atomic E-state index is 12.1. The van der Waals surface area contributed by atoms with Crippen LogP contribution >= 0.6 is 0 Å². The summed E-state index contributed by atoms with van der Waals surface area (Å²) in [4.78, 5) is 34.6. The maximum Gasteiger partial charge on any atom is 0.343 e. The third kappa shape index (κ3) is 3.29. The lowest BCUT2D eigenvalue weighted by molar-refractivity contribution is 0.0592. The average Bonchev–Trinajstić information content (AvgIpc) is 2.54. The summed E-state index contributed by atoms with van der Waals surface area (Å²) < 4.78 is 9.76. The highest BCUT2D eigenvalue weighted by Gasteiger charge is 2.17. The number of benzene rings is 2. The summed E-state index contributed by atoms with van der Waals surface area (Å²) in [6.07, 6.45) is 0. The van der Waals surface area contributed by atoms with E-state index in [4.69, 9.17) is 9.84 Å². The molecule has 0 aromatic heterocycles. The monoisotopic (exact) mass is 300 g/mol. The van der Waals surface area contributed by atoms with E-state index in [-0.39, 0.29) is 22.4 Å². The van der Waals surface area contributed by atoms with Crippen molar-refractivity contribution in [3.8, 4) is 5.75 Å². The zero-order chi connectivity index (χ0) is 16.1. The Morgan fingerprint density at radius 3 is 2.27 bits per heavy atom. The van der Waals surface area contributed by atoms with Gasteiger partial charge < -0.3 is 14.6 Å². The Bertz CT molecular complexity index is 735. The molecule has 0 heterocycles. The van der Waals surface area contributed by atoms with E-state index in [1.165, 1.54) is 43.5 Å². The summed E-state index contributed by atoms with van der Waals surface area (Å²) >= 11 is 0. The van der Waals surface area contributed by atoms with Crippen LogP contribution in [0.5, 0.6) is 5.75 Å². The van der Waals surface area contributed by atoms with E-state index >= 15 is 0 Å². The molecule has 0 fully saturated rings. The van der Waals surface area contributed by atoms with Gasteiger partial charge in [-0.15, -0.1) is 0 Å². The van der Waals surface area contributed by atoms with Crippen LogP contribution in [0.3, 0.4) is 0 Å². The summed E-state index contributed by atoms with van der Waals surface area (Å²) in [5.74, 6) is -2.51. The molecule has 22 heavy (non-hydrogen) atoms. The largest absolute Gasteiger partial charge is 0.478 e. The fourth-order valence-corrected chi connectivity index (χ4v) is 1.77. The van der Waals surface area contributed by atoms with Crippen LogP contribution in [-0.4, -0.2) is 30.1 Å². The quantitative estimate of drug-likeness (QED) is 0.688. The van der Waals surface area contributed by atoms with Gasteiger partial charge in [-0.25, -0.2) is 14.4 Å². The van der Waals surface area contributed by atoms with Crippen LogP contribution in [-0.2, 0) is 4.74 Å². The Labute approximate surface area is 125 Å². The third-order valence-corrected chi connectivity index (χ3v) is 2.84. The molecule has 0 saturated carbocycles. The predicted octanol–water partition coefficient (Wildman–Crippen LogP) is 2.39. The number of para-hydroxylation sites is 1. The Morgan fingerprint density at radius 2 is 1.59 bits per heavy atom. The van der Waals surface area contributed by atoms with Crippen molar-refractivity contribution < 1.29 is 29.0 Å². The van der Waals surface area contributed by atoms with Gasteiger partial charge in [0.25, 0.3) is 0 Å². The van der Waals surface area contributed by atoms with Crippen LogP contribution in [0.25, 0.3) is 0 Å². The van der Waals surface area contributed by atoms with Crippen molar-refractivity contribution >= 4 is 17.9 Å². The first-order valence-corrected chi connectivity index (χ1v) is 6.26. The molecular formula is C16H12O6. The van der Waals surface area contributed by atoms with Crippen molar-refractivity contribution in [3.05, 3.63) is 65.2 Å². The molecule has 0 saturated heterocycles. The number of methoxy groups -OCH3 is 1. The first-order valence-electron chi connectivity index (χ1n) is 6.26. The summed E-state index contributed by atoms with van der Waals surface area (Å²) in [5, 5.41) is 8.92. The Morgan fingerprint density at radius 1 is 0.909 bits per heavy atom. The van der Waals surface area contributed by atoms with Gasteiger partial charge in [-0.2, -0.15) is 0 Å². The minimum absolute atomic E-state index is 0.0318. The second kappa shape index (κ2) is 6.53. The molecule has 0 amide bonds. The zero-order valence-electron chi connectivity index (χ0n) is 11.6. The van der Waals surface area contributed by atoms with Crippen LogP contribution in [0.1, 0.15) is 31.1 Å². The van der Waals surface area contributed by atoms with E-state index in [1.807, 2.05) is 0 Å². The number of carbonyl (C=O) groups is 3. The zero-order valence-corrected chi connectivity index (χ0v) is 11.6. The van der Waals surface area contributed by atoms with E-state index in [1.54, 1.807) is 12.1 Å². The summed E-state index contributed by atoms with van der Waals surface area (Å²) in [6, 6.07) is 11.5. The van der Waals surface area contributed by atoms with Crippen LogP contribution in [0.2, 0.25) is 0 Å². The van der Waals surface area contributed by atoms with Gasteiger partial charge in [0.05, 0.1) is 18.2 Å². The molecule has 2 rings (SSSR count). The second-order valence-corrected chi connectivity index (χ2v) is 4.26. The van der Waals surface area contributed by atoms with E-state index in [0.717, 1.165) is 0 Å². The van der Waals surface area contributed by atoms with E-state index in [2.05, 4.69) is 4.74 Å². The average molecular weight is 300 g/mol. The van der Waals surface area contributed by atoms with Crippen molar-refractivity contribution in [1.82, 2.24) is 0 Å². The number of carboxylic acid groups (broad SMARTS) is 1. The standard InChI is InChI=1S/C16H12O6/c1-21-16(20)12-7-2-3-8-13(12)22-15(19)11-6-4-5-10(9-11)14(17)18/h2-9H,1H3,(H,17,18). The molecule has 0 atom stereocenters. The molecule has 0 aliphatic heterocycles. The van der Waals surface area contributed by atoms with E-state index < -0.39 is 17.9 Å². The second-order valence-electron chi connectivity index (χ2n) is 4.26. The lowest BCUT2D eigenvalue weighted by atomic mass is 10.1. The first kappa shape index (κ1) is 15.2. The molecule has 1 N–H and O–H groups in total. The molecule has 2 aromatic rings. The van der Waals surface area contributed by atoms with Gasteiger partial charge in [-0.3, -0.25) is 0 Å². The molecule has 0 aliphatic rings. The van der Waals surface area contributed by atoms with Crippen LogP contribution < -0.4 is 4.74 Å². The van der Waals surface area contributed by atoms with Gasteiger partial charge >= 0.3 is 17.9 Å². The van der Waals surface area contributed by atoms with Crippen molar-refractivity contribution in [2.75, 3.05) is 7.11 Å². The summed E-state index contributed by atoms with van der Waals surface area (Å²) in [6.45, 7) is 0. The van der Waals surface area contributed by atoms with Gasteiger partial charge in [0.1, 0.15) is 11.3 Å². The molecule has 0 spiro atoms. The van der Waals surface area contributed by atoms with Gasteiger partial charge in [0.15, 0.2) is 0 Å². The lowest BCUT2D eigenvalue weighted by Gasteiger charge is -2.08. The number of hydrogen-bond acceptors (Lipinski definition) is 5.